The molecule has 1 aromatic carbocycles. The van der Waals surface area contributed by atoms with Gasteiger partial charge in [-0.2, -0.15) is 0 Å². The molecule has 0 fully saturated rings. The molecule has 0 aliphatic carbocycles. The van der Waals surface area contributed by atoms with Crippen molar-refractivity contribution in [3.05, 3.63) is 53.5 Å². The first kappa shape index (κ1) is 10.7. The Hall–Kier alpha value is -2.43. The standard InChI is InChI=1S/C13H13N5/c1-9-17-12(14)11-13(16-8-15-11)18(9)7-10-5-3-2-4-6-10/h2-6,8,14H,7H2,1H3,(H,15,16). The fraction of sp³-hybridized carbons (Fsp3) is 0.154. The van der Waals surface area contributed by atoms with Crippen molar-refractivity contribution in [2.45, 2.75) is 13.5 Å². The molecule has 2 heterocycles. The van der Waals surface area contributed by atoms with Crippen LogP contribution >= 0.6 is 0 Å². The van der Waals surface area contributed by atoms with Gasteiger partial charge in [-0.1, -0.05) is 30.3 Å². The molecule has 5 nitrogen and oxygen atoms in total. The monoisotopic (exact) mass is 239 g/mol. The van der Waals surface area contributed by atoms with Crippen LogP contribution in [0.25, 0.3) is 11.2 Å². The molecule has 0 radical (unpaired) electrons. The second-order valence-corrected chi connectivity index (χ2v) is 4.18. The number of nitrogens with one attached hydrogen (secondary N) is 2. The predicted octanol–water partition coefficient (Wildman–Crippen LogP) is 1.60. The number of H-pyrrole nitrogens is 1. The summed E-state index contributed by atoms with van der Waals surface area (Å²) >= 11 is 0. The highest BCUT2D eigenvalue weighted by Gasteiger charge is 2.08. The molecule has 0 spiro atoms. The fourth-order valence-electron chi connectivity index (χ4n) is 2.05. The molecule has 0 aliphatic rings. The lowest BCUT2D eigenvalue weighted by Crippen LogP contribution is -2.17. The summed E-state index contributed by atoms with van der Waals surface area (Å²) < 4.78 is 2.01. The van der Waals surface area contributed by atoms with E-state index in [9.17, 15) is 0 Å². The Morgan fingerprint density at radius 1 is 1.28 bits per heavy atom. The maximum atomic E-state index is 7.80. The van der Waals surface area contributed by atoms with E-state index in [-0.39, 0.29) is 5.49 Å². The Bertz CT molecular complexity index is 739. The summed E-state index contributed by atoms with van der Waals surface area (Å²) in [5, 5.41) is 7.80. The average Bonchev–Trinajstić information content (AvgIpc) is 2.85. The van der Waals surface area contributed by atoms with E-state index >= 15 is 0 Å². The minimum Gasteiger partial charge on any atom is -0.340 e. The molecule has 0 saturated heterocycles. The van der Waals surface area contributed by atoms with Crippen molar-refractivity contribution in [2.75, 3.05) is 0 Å². The Labute approximate surface area is 104 Å². The van der Waals surface area contributed by atoms with Crippen LogP contribution in [0.15, 0.2) is 36.7 Å². The second-order valence-electron chi connectivity index (χ2n) is 4.18. The van der Waals surface area contributed by atoms with Gasteiger partial charge in [-0.05, 0) is 12.5 Å². The van der Waals surface area contributed by atoms with E-state index in [0.717, 1.165) is 11.5 Å². The third kappa shape index (κ3) is 1.69. The van der Waals surface area contributed by atoms with Crippen molar-refractivity contribution < 1.29 is 0 Å². The van der Waals surface area contributed by atoms with Crippen LogP contribution in [0.4, 0.5) is 0 Å². The summed E-state index contributed by atoms with van der Waals surface area (Å²) in [6, 6.07) is 10.2. The van der Waals surface area contributed by atoms with Gasteiger partial charge in [-0.15, -0.1) is 0 Å². The maximum absolute atomic E-state index is 7.80. The first-order valence-corrected chi connectivity index (χ1v) is 5.75. The zero-order valence-electron chi connectivity index (χ0n) is 10.0. The van der Waals surface area contributed by atoms with Crippen LogP contribution in [-0.2, 0) is 6.54 Å². The van der Waals surface area contributed by atoms with Crippen LogP contribution in [0.2, 0.25) is 0 Å². The number of hydrogen-bond donors (Lipinski definition) is 2. The summed E-state index contributed by atoms with van der Waals surface area (Å²) in [5.74, 6) is 0.795. The van der Waals surface area contributed by atoms with E-state index in [0.29, 0.717) is 12.1 Å². The fourth-order valence-corrected chi connectivity index (χ4v) is 2.05. The third-order valence-corrected chi connectivity index (χ3v) is 2.96. The summed E-state index contributed by atoms with van der Waals surface area (Å²) in [6.07, 6.45) is 1.60. The molecule has 3 rings (SSSR count). The Kier molecular flexibility index (Phi) is 2.44. The Balaban J connectivity index is 2.17. The van der Waals surface area contributed by atoms with E-state index in [2.05, 4.69) is 27.1 Å². The largest absolute Gasteiger partial charge is 0.340 e. The number of aromatic amines is 1. The van der Waals surface area contributed by atoms with Gasteiger partial charge >= 0.3 is 0 Å². The first-order chi connectivity index (χ1) is 8.75. The number of nitrogens with zero attached hydrogens (tertiary/aromatic N) is 3. The van der Waals surface area contributed by atoms with Crippen molar-refractivity contribution in [1.82, 2.24) is 19.5 Å². The molecule has 3 aromatic rings. The van der Waals surface area contributed by atoms with Gasteiger partial charge in [0.1, 0.15) is 11.3 Å². The molecular weight excluding hydrogens is 226 g/mol. The predicted molar refractivity (Wildman–Crippen MR) is 68.0 cm³/mol. The first-order valence-electron chi connectivity index (χ1n) is 5.75. The molecule has 5 heteroatoms. The van der Waals surface area contributed by atoms with Gasteiger partial charge < -0.3 is 9.55 Å². The van der Waals surface area contributed by atoms with Gasteiger partial charge in [0.25, 0.3) is 0 Å². The molecule has 18 heavy (non-hydrogen) atoms. The van der Waals surface area contributed by atoms with E-state index in [1.54, 1.807) is 6.33 Å². The van der Waals surface area contributed by atoms with Gasteiger partial charge in [-0.25, -0.2) is 9.97 Å². The molecule has 2 aromatic heterocycles. The highest BCUT2D eigenvalue weighted by atomic mass is 15.1. The average molecular weight is 239 g/mol. The van der Waals surface area contributed by atoms with Gasteiger partial charge in [0, 0.05) is 0 Å². The van der Waals surface area contributed by atoms with Gasteiger partial charge in [0.2, 0.25) is 0 Å². The van der Waals surface area contributed by atoms with Crippen LogP contribution in [0.3, 0.4) is 0 Å². The van der Waals surface area contributed by atoms with Crippen LogP contribution < -0.4 is 5.49 Å². The number of imidazole rings is 1. The number of hydrogen-bond acceptors (Lipinski definition) is 3. The minimum atomic E-state index is 0.240. The highest BCUT2D eigenvalue weighted by molar-refractivity contribution is 5.68. The summed E-state index contributed by atoms with van der Waals surface area (Å²) in [5.41, 5.74) is 2.88. The van der Waals surface area contributed by atoms with Gasteiger partial charge in [-0.3, -0.25) is 5.41 Å². The van der Waals surface area contributed by atoms with E-state index in [1.807, 2.05) is 29.7 Å². The van der Waals surface area contributed by atoms with Crippen molar-refractivity contribution in [1.29, 1.82) is 5.41 Å². The summed E-state index contributed by atoms with van der Waals surface area (Å²) in [4.78, 5) is 11.5. The Morgan fingerprint density at radius 2 is 2.06 bits per heavy atom. The number of aryl methyl sites for hydroxylation is 1. The molecule has 0 aliphatic heterocycles. The zero-order chi connectivity index (χ0) is 12.5. The minimum absolute atomic E-state index is 0.240. The number of rotatable bonds is 2. The van der Waals surface area contributed by atoms with E-state index in [1.165, 1.54) is 5.56 Å². The molecule has 0 atom stereocenters. The zero-order valence-corrected chi connectivity index (χ0v) is 10.0. The molecule has 0 saturated carbocycles. The normalized spacial score (nSPS) is 10.9. The topological polar surface area (TPSA) is 70.3 Å². The number of benzene rings is 1. The van der Waals surface area contributed by atoms with Crippen LogP contribution in [0.1, 0.15) is 11.4 Å². The summed E-state index contributed by atoms with van der Waals surface area (Å²) in [6.45, 7) is 2.61. The molecule has 2 N–H and O–H groups in total. The molecule has 0 bridgehead atoms. The molecule has 90 valence electrons. The second kappa shape index (κ2) is 4.10. The Morgan fingerprint density at radius 3 is 2.83 bits per heavy atom. The number of fused-ring (bicyclic) bond motifs is 1. The smallest absolute Gasteiger partial charge is 0.174 e. The summed E-state index contributed by atoms with van der Waals surface area (Å²) in [7, 11) is 0. The highest BCUT2D eigenvalue weighted by Crippen LogP contribution is 2.10. The van der Waals surface area contributed by atoms with Crippen molar-refractivity contribution >= 4 is 11.2 Å². The molecule has 0 unspecified atom stereocenters. The van der Waals surface area contributed by atoms with Crippen LogP contribution in [0.5, 0.6) is 0 Å². The SMILES string of the molecule is Cc1nc(=N)c2[nH]cnc2n1Cc1ccccc1. The number of aromatic nitrogens is 4. The maximum Gasteiger partial charge on any atom is 0.174 e. The van der Waals surface area contributed by atoms with Crippen molar-refractivity contribution in [3.63, 3.8) is 0 Å². The van der Waals surface area contributed by atoms with E-state index < -0.39 is 0 Å². The lowest BCUT2D eigenvalue weighted by molar-refractivity contribution is 0.743. The molecule has 0 amide bonds. The quantitative estimate of drug-likeness (QED) is 0.713. The lowest BCUT2D eigenvalue weighted by atomic mass is 10.2. The van der Waals surface area contributed by atoms with Gasteiger partial charge in [0.15, 0.2) is 11.1 Å². The van der Waals surface area contributed by atoms with Crippen molar-refractivity contribution in [3.8, 4) is 0 Å². The lowest BCUT2D eigenvalue weighted by Gasteiger charge is -2.10. The molecular formula is C13H13N5. The van der Waals surface area contributed by atoms with Crippen molar-refractivity contribution in [2.24, 2.45) is 0 Å². The van der Waals surface area contributed by atoms with Gasteiger partial charge in [0.05, 0.1) is 12.9 Å². The van der Waals surface area contributed by atoms with E-state index in [4.69, 9.17) is 5.41 Å². The third-order valence-electron chi connectivity index (χ3n) is 2.96. The van der Waals surface area contributed by atoms with Crippen LogP contribution in [0, 0.1) is 12.3 Å². The van der Waals surface area contributed by atoms with Crippen LogP contribution in [-0.4, -0.2) is 19.5 Å².